The first-order chi connectivity index (χ1) is 46.5. The van der Waals surface area contributed by atoms with Crippen LogP contribution >= 0.6 is 0 Å². The molecule has 0 N–H and O–H groups in total. The summed E-state index contributed by atoms with van der Waals surface area (Å²) < 4.78 is 24.1. The van der Waals surface area contributed by atoms with E-state index in [1.807, 2.05) is 0 Å². The minimum absolute atomic E-state index is 0.170. The topological polar surface area (TPSA) is 0 Å². The molecule has 0 aliphatic carbocycles. The zero-order valence-corrected chi connectivity index (χ0v) is 63.8. The molecule has 0 unspecified atom stereocenters. The van der Waals surface area contributed by atoms with Gasteiger partial charge in [0, 0.05) is 0 Å². The lowest BCUT2D eigenvalue weighted by molar-refractivity contribution is 0.568. The fourth-order valence-electron chi connectivity index (χ4n) is 14.3. The van der Waals surface area contributed by atoms with Crippen LogP contribution in [0.15, 0.2) is 230 Å². The third kappa shape index (κ3) is 14.9. The third-order valence-electron chi connectivity index (χ3n) is 20.0. The van der Waals surface area contributed by atoms with Crippen LogP contribution in [-0.4, -0.2) is 0 Å². The summed E-state index contributed by atoms with van der Waals surface area (Å²) in [4.78, 5) is 0. The fourth-order valence-corrected chi connectivity index (χ4v) is 14.3. The van der Waals surface area contributed by atoms with Crippen LogP contribution in [0.1, 0.15) is 213 Å². The van der Waals surface area contributed by atoms with Crippen LogP contribution in [0.5, 0.6) is 0 Å². The van der Waals surface area contributed by atoms with Crippen molar-refractivity contribution in [2.45, 2.75) is 209 Å². The number of hydrogen-bond acceptors (Lipinski definition) is 0. The molecule has 0 amide bonds. The molecule has 98 heavy (non-hydrogen) atoms. The van der Waals surface area contributed by atoms with E-state index in [-0.39, 0.29) is 43.3 Å². The second kappa shape index (κ2) is 25.9. The van der Waals surface area contributed by atoms with E-state index in [0.717, 1.165) is 89.0 Å². The molecular formula is C98H110. The lowest BCUT2D eigenvalue weighted by atomic mass is 9.76. The van der Waals surface area contributed by atoms with E-state index in [1.54, 1.807) is 0 Å². The highest BCUT2D eigenvalue weighted by Crippen LogP contribution is 2.52. The van der Waals surface area contributed by atoms with E-state index >= 15 is 0 Å². The second-order valence-electron chi connectivity index (χ2n) is 36.2. The van der Waals surface area contributed by atoms with E-state index in [2.05, 4.69) is 385 Å². The summed E-state index contributed by atoms with van der Waals surface area (Å²) in [5.41, 5.74) is 27.9. The van der Waals surface area contributed by atoms with Gasteiger partial charge >= 0.3 is 0 Å². The highest BCUT2D eigenvalue weighted by Gasteiger charge is 2.30. The van der Waals surface area contributed by atoms with Gasteiger partial charge in [-0.3, -0.25) is 0 Å². The Morgan fingerprint density at radius 3 is 0.541 bits per heavy atom. The minimum Gasteiger partial charge on any atom is -0.0619 e. The lowest BCUT2D eigenvalue weighted by Gasteiger charge is -2.28. The van der Waals surface area contributed by atoms with Gasteiger partial charge in [-0.2, -0.15) is 0 Å². The summed E-state index contributed by atoms with van der Waals surface area (Å²) in [6.45, 7) is 55.4. The Balaban J connectivity index is 1.43. The van der Waals surface area contributed by atoms with Crippen LogP contribution in [0.2, 0.25) is 0 Å². The Morgan fingerprint density at radius 2 is 0.337 bits per heavy atom. The molecule has 0 spiro atoms. The van der Waals surface area contributed by atoms with Crippen molar-refractivity contribution in [3.63, 3.8) is 0 Å². The van der Waals surface area contributed by atoms with Gasteiger partial charge in [0.1, 0.15) is 0 Å². The molecule has 11 rings (SSSR count). The molecule has 0 heteroatoms. The normalized spacial score (nSPS) is 13.2. The maximum atomic E-state index is 12.1. The minimum atomic E-state index is -0.202. The predicted octanol–water partition coefficient (Wildman–Crippen LogP) is 28.7. The predicted molar refractivity (Wildman–Crippen MR) is 430 cm³/mol. The first-order valence-corrected chi connectivity index (χ1v) is 35.9. The van der Waals surface area contributed by atoms with Crippen LogP contribution in [-0.2, 0) is 43.3 Å². The Labute approximate surface area is 594 Å². The molecule has 0 bridgehead atoms. The molecule has 0 fully saturated rings. The molecule has 11 aromatic rings. The third-order valence-corrected chi connectivity index (χ3v) is 20.0. The zero-order chi connectivity index (χ0) is 72.8. The zero-order valence-electron chi connectivity index (χ0n) is 65.8. The van der Waals surface area contributed by atoms with E-state index in [0.29, 0.717) is 34.3 Å². The Bertz CT molecular complexity index is 4370. The van der Waals surface area contributed by atoms with Gasteiger partial charge in [-0.1, -0.05) is 348 Å². The average molecular weight is 1290 g/mol. The maximum Gasteiger partial charge on any atom is 0.0636 e. The van der Waals surface area contributed by atoms with Crippen LogP contribution in [0.3, 0.4) is 0 Å². The van der Waals surface area contributed by atoms with Crippen molar-refractivity contribution in [3.05, 3.63) is 275 Å². The van der Waals surface area contributed by atoms with Gasteiger partial charge in [-0.05, 0) is 248 Å². The molecule has 502 valence electrons. The molecule has 0 atom stereocenters. The van der Waals surface area contributed by atoms with Gasteiger partial charge < -0.3 is 0 Å². The molecule has 0 radical (unpaired) electrons. The van der Waals surface area contributed by atoms with E-state index in [9.17, 15) is 2.74 Å². The van der Waals surface area contributed by atoms with Crippen LogP contribution in [0, 0.1) is 0 Å². The van der Waals surface area contributed by atoms with Gasteiger partial charge in [0.15, 0.2) is 0 Å². The largest absolute Gasteiger partial charge is 0.0636 e. The standard InChI is InChI=1S/C98H110/c1-91(2,3)71-55-69(56-72(59-71)92(4,5)6)75-37-25-27-43-81(75)85-61-84(68-53-65(79-41-31-35-47-89(79)97(19,20)21)50-66(54-68)80-42-32-36-48-90(80)98(22,23)24)86(82-44-28-26-38-76(82)70-57-73(93(7,8)9)60-74(58-70)94(10,11)12)62-83(85)67-51-63(77-39-29-33-45-87(77)95(13,14)15)49-64(52-67)78-40-30-34-46-88(78)96(16,17)18/h25-62H,1-24H3/i61D,62D. The molecule has 0 aliphatic rings. The van der Waals surface area contributed by atoms with Gasteiger partial charge in [0.25, 0.3) is 0 Å². The summed E-state index contributed by atoms with van der Waals surface area (Å²) in [6, 6.07) is 82.5. The Kier molecular flexibility index (Phi) is 18.0. The second-order valence-corrected chi connectivity index (χ2v) is 36.2. The Hall–Kier alpha value is -8.58. The van der Waals surface area contributed by atoms with E-state index < -0.39 is 0 Å². The molecular weight excluding hydrogens is 1180 g/mol. The number of hydrogen-bond donors (Lipinski definition) is 0. The molecule has 0 aliphatic heterocycles. The van der Waals surface area contributed by atoms with Crippen molar-refractivity contribution in [3.8, 4) is 111 Å². The Morgan fingerprint density at radius 1 is 0.163 bits per heavy atom. The van der Waals surface area contributed by atoms with Gasteiger partial charge in [-0.15, -0.1) is 0 Å². The molecule has 0 nitrogen and oxygen atoms in total. The SMILES string of the molecule is [2H]c1c(-c2cc(-c3ccccc3C(C)(C)C)cc(-c3ccccc3C(C)(C)C)c2)c(-c2ccccc2-c2cc(C(C)(C)C)cc(C(C)(C)C)c2)c([2H])c(-c2cc(-c3ccccc3C(C)(C)C)cc(-c3ccccc3C(C)(C)C)c2)c1-c1ccccc1-c1cc(C(C)(C)C)cc(C(C)(C)C)c1. The smallest absolute Gasteiger partial charge is 0.0619 e. The number of benzene rings is 11. The molecule has 0 aromatic heterocycles. The fraction of sp³-hybridized carbons (Fsp3) is 0.327. The average Bonchev–Trinajstić information content (AvgIpc) is 0.718. The van der Waals surface area contributed by atoms with Crippen molar-refractivity contribution in [2.24, 2.45) is 0 Å². The van der Waals surface area contributed by atoms with Gasteiger partial charge in [0.05, 0.1) is 2.74 Å². The first kappa shape index (κ1) is 68.0. The van der Waals surface area contributed by atoms with Crippen molar-refractivity contribution >= 4 is 0 Å². The summed E-state index contributed by atoms with van der Waals surface area (Å²) in [5.74, 6) is 0. The van der Waals surface area contributed by atoms with Crippen molar-refractivity contribution < 1.29 is 2.74 Å². The first-order valence-electron chi connectivity index (χ1n) is 36.9. The quantitative estimate of drug-likeness (QED) is 0.128. The molecule has 0 saturated carbocycles. The van der Waals surface area contributed by atoms with E-state index in [4.69, 9.17) is 0 Å². The van der Waals surface area contributed by atoms with Crippen LogP contribution in [0.25, 0.3) is 111 Å². The summed E-state index contributed by atoms with van der Waals surface area (Å²) in [6.07, 6.45) is 0. The summed E-state index contributed by atoms with van der Waals surface area (Å²) in [5, 5.41) is 0. The summed E-state index contributed by atoms with van der Waals surface area (Å²) in [7, 11) is 0. The van der Waals surface area contributed by atoms with Crippen LogP contribution in [0.4, 0.5) is 0 Å². The van der Waals surface area contributed by atoms with Gasteiger partial charge in [0.2, 0.25) is 0 Å². The highest BCUT2D eigenvalue weighted by molar-refractivity contribution is 6.03. The maximum absolute atomic E-state index is 12.1. The van der Waals surface area contributed by atoms with Crippen molar-refractivity contribution in [2.75, 3.05) is 0 Å². The number of rotatable bonds is 10. The van der Waals surface area contributed by atoms with Gasteiger partial charge in [-0.25, -0.2) is 0 Å². The van der Waals surface area contributed by atoms with Crippen molar-refractivity contribution in [1.82, 2.24) is 0 Å². The van der Waals surface area contributed by atoms with E-state index in [1.165, 1.54) is 44.5 Å². The molecule has 0 saturated heterocycles. The molecule has 11 aromatic carbocycles. The highest BCUT2D eigenvalue weighted by atomic mass is 14.3. The van der Waals surface area contributed by atoms with Crippen LogP contribution < -0.4 is 0 Å². The molecule has 0 heterocycles. The summed E-state index contributed by atoms with van der Waals surface area (Å²) >= 11 is 0. The monoisotopic (exact) mass is 1290 g/mol. The lowest BCUT2D eigenvalue weighted by Crippen LogP contribution is -2.16. The van der Waals surface area contributed by atoms with Crippen molar-refractivity contribution in [1.29, 1.82) is 0 Å².